The van der Waals surface area contributed by atoms with Gasteiger partial charge in [0.25, 0.3) is 0 Å². The minimum atomic E-state index is -0.254. The number of hydrogen-bond donors (Lipinski definition) is 2. The molecule has 1 atom stereocenters. The van der Waals surface area contributed by atoms with E-state index in [0.717, 1.165) is 26.2 Å². The number of benzene rings is 1. The van der Waals surface area contributed by atoms with Crippen molar-refractivity contribution in [1.29, 1.82) is 0 Å². The Balaban J connectivity index is 1.74. The molecule has 0 saturated heterocycles. The number of aliphatic hydroxyl groups is 1. The van der Waals surface area contributed by atoms with Crippen LogP contribution in [0.2, 0.25) is 0 Å². The number of amides is 1. The maximum Gasteiger partial charge on any atom is 0.232 e. The first-order chi connectivity index (χ1) is 10.7. The van der Waals surface area contributed by atoms with Crippen molar-refractivity contribution in [2.75, 3.05) is 5.32 Å². The fraction of sp³-hybridized carbons (Fsp3) is 0.176. The first kappa shape index (κ1) is 14.7. The summed E-state index contributed by atoms with van der Waals surface area (Å²) >= 11 is 1.52. The highest BCUT2D eigenvalue weighted by atomic mass is 32.1. The summed E-state index contributed by atoms with van der Waals surface area (Å²) in [6, 6.07) is 11.3. The minimum absolute atomic E-state index is 0.0106. The van der Waals surface area contributed by atoms with Crippen molar-refractivity contribution < 1.29 is 9.90 Å². The van der Waals surface area contributed by atoms with E-state index in [9.17, 15) is 4.79 Å². The van der Waals surface area contributed by atoms with Gasteiger partial charge in [-0.15, -0.1) is 11.3 Å². The highest BCUT2D eigenvalue weighted by molar-refractivity contribution is 7.22. The van der Waals surface area contributed by atoms with Crippen molar-refractivity contribution in [1.82, 2.24) is 4.98 Å². The molecule has 0 radical (unpaired) electrons. The van der Waals surface area contributed by atoms with Gasteiger partial charge in [0.1, 0.15) is 0 Å². The number of rotatable bonds is 4. The van der Waals surface area contributed by atoms with Crippen LogP contribution in [0.25, 0.3) is 10.1 Å². The molecule has 3 aromatic rings. The number of nitrogens with one attached hydrogen (secondary N) is 1. The van der Waals surface area contributed by atoms with E-state index in [1.54, 1.807) is 12.4 Å². The van der Waals surface area contributed by atoms with Crippen molar-refractivity contribution in [2.24, 2.45) is 0 Å². The quantitative estimate of drug-likeness (QED) is 0.774. The van der Waals surface area contributed by atoms with Crippen LogP contribution in [0.4, 0.5) is 5.00 Å². The van der Waals surface area contributed by atoms with E-state index < -0.39 is 0 Å². The molecule has 22 heavy (non-hydrogen) atoms. The Morgan fingerprint density at radius 2 is 2.09 bits per heavy atom. The maximum absolute atomic E-state index is 12.4. The Labute approximate surface area is 132 Å². The molecule has 112 valence electrons. The van der Waals surface area contributed by atoms with Crippen LogP contribution in [0.5, 0.6) is 0 Å². The normalized spacial score (nSPS) is 12.3. The average Bonchev–Trinajstić information content (AvgIpc) is 2.96. The van der Waals surface area contributed by atoms with Crippen molar-refractivity contribution in [2.45, 2.75) is 19.4 Å². The van der Waals surface area contributed by atoms with Crippen molar-refractivity contribution in [3.63, 3.8) is 0 Å². The molecule has 2 N–H and O–H groups in total. The molecule has 2 aromatic heterocycles. The second-order valence-corrected chi connectivity index (χ2v) is 6.22. The van der Waals surface area contributed by atoms with Gasteiger partial charge in [-0.25, -0.2) is 0 Å². The van der Waals surface area contributed by atoms with E-state index in [1.165, 1.54) is 11.3 Å². The van der Waals surface area contributed by atoms with Gasteiger partial charge < -0.3 is 10.4 Å². The summed E-state index contributed by atoms with van der Waals surface area (Å²) in [4.78, 5) is 16.5. The number of aromatic nitrogens is 1. The second-order valence-electron chi connectivity index (χ2n) is 5.13. The van der Waals surface area contributed by atoms with Gasteiger partial charge in [-0.05, 0) is 35.6 Å². The predicted octanol–water partition coefficient (Wildman–Crippen LogP) is 3.53. The number of fused-ring (bicyclic) bond motifs is 1. The zero-order chi connectivity index (χ0) is 15.5. The lowest BCUT2D eigenvalue weighted by atomic mass is 9.99. The third-order valence-electron chi connectivity index (χ3n) is 3.62. The van der Waals surface area contributed by atoms with Crippen LogP contribution < -0.4 is 5.32 Å². The van der Waals surface area contributed by atoms with Crippen LogP contribution in [-0.4, -0.2) is 16.0 Å². The first-order valence-electron chi connectivity index (χ1n) is 7.01. The van der Waals surface area contributed by atoms with E-state index in [1.807, 2.05) is 43.3 Å². The standard InChI is InChI=1S/C17H16N2O2S/c1-11(13-4-2-12(10-20)3-5-13)17(21)19-16-8-14-6-7-18-9-15(14)22-16/h2-9,11,20H,10H2,1H3,(H,19,21). The summed E-state index contributed by atoms with van der Waals surface area (Å²) in [6.45, 7) is 1.88. The summed E-state index contributed by atoms with van der Waals surface area (Å²) in [5, 5.41) is 13.9. The van der Waals surface area contributed by atoms with E-state index in [2.05, 4.69) is 10.3 Å². The van der Waals surface area contributed by atoms with E-state index in [-0.39, 0.29) is 18.4 Å². The molecule has 0 aliphatic rings. The van der Waals surface area contributed by atoms with Gasteiger partial charge in [0.15, 0.2) is 0 Å². The van der Waals surface area contributed by atoms with Crippen LogP contribution in [0.3, 0.4) is 0 Å². The number of nitrogens with zero attached hydrogens (tertiary/aromatic N) is 1. The Kier molecular flexibility index (Phi) is 4.18. The van der Waals surface area contributed by atoms with Gasteiger partial charge in [-0.2, -0.15) is 0 Å². The van der Waals surface area contributed by atoms with E-state index in [0.29, 0.717) is 0 Å². The van der Waals surface area contributed by atoms with Crippen LogP contribution in [0.1, 0.15) is 24.0 Å². The number of pyridine rings is 1. The van der Waals surface area contributed by atoms with Crippen molar-refractivity contribution in [3.8, 4) is 0 Å². The Morgan fingerprint density at radius 3 is 2.77 bits per heavy atom. The van der Waals surface area contributed by atoms with E-state index in [4.69, 9.17) is 5.11 Å². The van der Waals surface area contributed by atoms with E-state index >= 15 is 0 Å². The number of aliphatic hydroxyl groups excluding tert-OH is 1. The first-order valence-corrected chi connectivity index (χ1v) is 7.83. The third kappa shape index (κ3) is 3.00. The smallest absolute Gasteiger partial charge is 0.232 e. The Hall–Kier alpha value is -2.24. The molecule has 4 nitrogen and oxygen atoms in total. The molecule has 1 unspecified atom stereocenters. The molecule has 0 bridgehead atoms. The molecule has 0 saturated carbocycles. The molecule has 5 heteroatoms. The van der Waals surface area contributed by atoms with Crippen LogP contribution in [0, 0.1) is 0 Å². The highest BCUT2D eigenvalue weighted by Gasteiger charge is 2.16. The maximum atomic E-state index is 12.4. The molecule has 2 heterocycles. The minimum Gasteiger partial charge on any atom is -0.392 e. The number of anilines is 1. The van der Waals surface area contributed by atoms with Crippen LogP contribution in [0.15, 0.2) is 48.8 Å². The largest absolute Gasteiger partial charge is 0.392 e. The van der Waals surface area contributed by atoms with Crippen LogP contribution in [-0.2, 0) is 11.4 Å². The topological polar surface area (TPSA) is 62.2 Å². The second kappa shape index (κ2) is 6.25. The number of carbonyl (C=O) groups is 1. The number of hydrogen-bond acceptors (Lipinski definition) is 4. The summed E-state index contributed by atoms with van der Waals surface area (Å²) in [7, 11) is 0. The van der Waals surface area contributed by atoms with Gasteiger partial charge in [-0.1, -0.05) is 24.3 Å². The molecule has 1 aromatic carbocycles. The van der Waals surface area contributed by atoms with Gasteiger partial charge in [0, 0.05) is 12.4 Å². The van der Waals surface area contributed by atoms with Crippen molar-refractivity contribution in [3.05, 3.63) is 59.9 Å². The molecule has 0 aliphatic carbocycles. The van der Waals surface area contributed by atoms with Gasteiger partial charge in [-0.3, -0.25) is 9.78 Å². The Bertz CT molecular complexity index is 763. The molecular weight excluding hydrogens is 296 g/mol. The zero-order valence-electron chi connectivity index (χ0n) is 12.1. The lowest BCUT2D eigenvalue weighted by Gasteiger charge is -2.12. The summed E-state index contributed by atoms with van der Waals surface area (Å²) in [5.74, 6) is -0.299. The molecular formula is C17H16N2O2S. The fourth-order valence-electron chi connectivity index (χ4n) is 2.24. The monoisotopic (exact) mass is 312 g/mol. The molecule has 0 aliphatic heterocycles. The van der Waals surface area contributed by atoms with Crippen molar-refractivity contribution >= 4 is 32.3 Å². The zero-order valence-corrected chi connectivity index (χ0v) is 12.9. The summed E-state index contributed by atoms with van der Waals surface area (Å²) < 4.78 is 1.05. The molecule has 3 rings (SSSR count). The number of carbonyl (C=O) groups excluding carboxylic acids is 1. The average molecular weight is 312 g/mol. The number of thiophene rings is 1. The van der Waals surface area contributed by atoms with Gasteiger partial charge >= 0.3 is 0 Å². The highest BCUT2D eigenvalue weighted by Crippen LogP contribution is 2.29. The van der Waals surface area contributed by atoms with Gasteiger partial charge in [0.05, 0.1) is 22.2 Å². The lowest BCUT2D eigenvalue weighted by Crippen LogP contribution is -2.18. The van der Waals surface area contributed by atoms with Gasteiger partial charge in [0.2, 0.25) is 5.91 Å². The molecule has 0 spiro atoms. The molecule has 0 fully saturated rings. The van der Waals surface area contributed by atoms with Crippen LogP contribution >= 0.6 is 11.3 Å². The lowest BCUT2D eigenvalue weighted by molar-refractivity contribution is -0.117. The summed E-state index contributed by atoms with van der Waals surface area (Å²) in [6.07, 6.45) is 3.54. The Morgan fingerprint density at radius 1 is 1.32 bits per heavy atom. The predicted molar refractivity (Wildman–Crippen MR) is 89.0 cm³/mol. The SMILES string of the molecule is CC(C(=O)Nc1cc2ccncc2s1)c1ccc(CO)cc1. The fourth-order valence-corrected chi connectivity index (χ4v) is 3.17. The molecule has 1 amide bonds. The third-order valence-corrected chi connectivity index (χ3v) is 4.63. The summed E-state index contributed by atoms with van der Waals surface area (Å²) in [5.41, 5.74) is 1.77.